The Bertz CT molecular complexity index is 867. The Hall–Kier alpha value is -3.04. The van der Waals surface area contributed by atoms with Gasteiger partial charge in [0.15, 0.2) is 5.78 Å². The van der Waals surface area contributed by atoms with E-state index in [2.05, 4.69) is 16.9 Å². The number of aryl methyl sites for hydroxylation is 1. The lowest BCUT2D eigenvalue weighted by molar-refractivity contribution is -0.130. The third kappa shape index (κ3) is 12.6. The quantitative estimate of drug-likeness (QED) is 0.318. The van der Waals surface area contributed by atoms with Gasteiger partial charge in [-0.2, -0.15) is 5.10 Å². The van der Waals surface area contributed by atoms with Crippen LogP contribution in [0.2, 0.25) is 0 Å². The van der Waals surface area contributed by atoms with E-state index in [1.54, 1.807) is 43.8 Å². The molecule has 1 heterocycles. The Morgan fingerprint density at radius 3 is 1.75 bits per heavy atom. The molecule has 1 aromatic carbocycles. The second-order valence-corrected chi connectivity index (χ2v) is 6.55. The smallest absolute Gasteiger partial charge is 0.159 e. The van der Waals surface area contributed by atoms with Crippen LogP contribution < -0.4 is 0 Å². The second kappa shape index (κ2) is 18.7. The zero-order chi connectivity index (χ0) is 25.9. The van der Waals surface area contributed by atoms with Crippen molar-refractivity contribution in [2.45, 2.75) is 62.3 Å². The number of ketones is 2. The van der Waals surface area contributed by atoms with Crippen LogP contribution in [-0.2, 0) is 16.6 Å². The highest BCUT2D eigenvalue weighted by atomic mass is 16.2. The number of hydrogen-bond acceptors (Lipinski definition) is 5. The van der Waals surface area contributed by atoms with Crippen LogP contribution in [0.4, 0.5) is 0 Å². The lowest BCUT2D eigenvalue weighted by Crippen LogP contribution is -2.22. The Morgan fingerprint density at radius 2 is 1.47 bits per heavy atom. The number of carbonyl (C=O) groups excluding carboxylic acids is 3. The number of rotatable bonds is 3. The van der Waals surface area contributed by atoms with Gasteiger partial charge in [0.25, 0.3) is 0 Å². The number of carbonyl (C=O) groups is 3. The lowest BCUT2D eigenvalue weighted by Gasteiger charge is -2.09. The molecule has 0 unspecified atom stereocenters. The molecule has 0 atom stereocenters. The van der Waals surface area contributed by atoms with E-state index in [1.807, 2.05) is 53.8 Å². The minimum absolute atomic E-state index is 0.0672. The summed E-state index contributed by atoms with van der Waals surface area (Å²) in [5.74, 6) is 6.12. The van der Waals surface area contributed by atoms with Crippen molar-refractivity contribution in [2.24, 2.45) is 12.5 Å². The topological polar surface area (TPSA) is 89.3 Å². The summed E-state index contributed by atoms with van der Waals surface area (Å²) in [5.41, 5.74) is 2.79. The first-order chi connectivity index (χ1) is 15.1. The summed E-state index contributed by atoms with van der Waals surface area (Å²) in [6.07, 6.45) is 2.42. The van der Waals surface area contributed by atoms with Gasteiger partial charge in [-0.1, -0.05) is 51.7 Å². The van der Waals surface area contributed by atoms with E-state index >= 15 is 0 Å². The van der Waals surface area contributed by atoms with Crippen LogP contribution in [0.5, 0.6) is 0 Å². The zero-order valence-electron chi connectivity index (χ0n) is 21.5. The number of nitrogens with zero attached hydrogens (tertiary/aromatic N) is 2. The number of hydrogen-bond donors (Lipinski definition) is 1. The molecule has 178 valence electrons. The number of aliphatic hydroxyl groups excluding tert-OH is 1. The molecule has 0 aliphatic rings. The van der Waals surface area contributed by atoms with Gasteiger partial charge < -0.3 is 9.90 Å². The van der Waals surface area contributed by atoms with Crippen molar-refractivity contribution < 1.29 is 19.5 Å². The van der Waals surface area contributed by atoms with E-state index in [4.69, 9.17) is 5.11 Å². The maximum atomic E-state index is 11.1. The van der Waals surface area contributed by atoms with Crippen LogP contribution in [-0.4, -0.2) is 39.8 Å². The average molecular weight is 445 g/mol. The summed E-state index contributed by atoms with van der Waals surface area (Å²) in [7, 11) is 2.89. The minimum Gasteiger partial charge on any atom is -0.400 e. The molecule has 2 rings (SSSR count). The molecule has 0 aliphatic heterocycles. The number of aromatic nitrogens is 2. The monoisotopic (exact) mass is 444 g/mol. The SMILES string of the molecule is CC.CC.CC(=O)C(C)(C)C=O.CC(=O)c1ccc(C#Cc2cnn(C)c2C)cc1.CO. The molecule has 0 fully saturated rings. The molecule has 0 spiro atoms. The first-order valence-corrected chi connectivity index (χ1v) is 10.6. The third-order valence-electron chi connectivity index (χ3n) is 4.07. The summed E-state index contributed by atoms with van der Waals surface area (Å²) in [6.45, 7) is 16.1. The molecule has 6 nitrogen and oxygen atoms in total. The van der Waals surface area contributed by atoms with Gasteiger partial charge in [0.1, 0.15) is 12.1 Å². The van der Waals surface area contributed by atoms with Crippen molar-refractivity contribution in [1.29, 1.82) is 0 Å². The zero-order valence-corrected chi connectivity index (χ0v) is 21.5. The van der Waals surface area contributed by atoms with Gasteiger partial charge >= 0.3 is 0 Å². The molecule has 0 bridgehead atoms. The summed E-state index contributed by atoms with van der Waals surface area (Å²) >= 11 is 0. The molecule has 6 heteroatoms. The fourth-order valence-electron chi connectivity index (χ4n) is 1.63. The normalized spacial score (nSPS) is 8.75. The van der Waals surface area contributed by atoms with Gasteiger partial charge in [0.2, 0.25) is 0 Å². The fraction of sp³-hybridized carbons (Fsp3) is 0.462. The number of Topliss-reactive ketones (excluding diaryl/α,β-unsaturated/α-hetero) is 2. The molecular weight excluding hydrogens is 404 g/mol. The maximum Gasteiger partial charge on any atom is 0.159 e. The van der Waals surface area contributed by atoms with Crippen molar-refractivity contribution in [3.63, 3.8) is 0 Å². The molecule has 32 heavy (non-hydrogen) atoms. The van der Waals surface area contributed by atoms with Gasteiger partial charge in [-0.3, -0.25) is 14.3 Å². The van der Waals surface area contributed by atoms with E-state index in [9.17, 15) is 14.4 Å². The van der Waals surface area contributed by atoms with Crippen molar-refractivity contribution in [3.8, 4) is 11.8 Å². The van der Waals surface area contributed by atoms with Crippen LogP contribution in [0.1, 0.15) is 82.6 Å². The second-order valence-electron chi connectivity index (χ2n) is 6.55. The molecule has 1 aromatic heterocycles. The standard InChI is InChI=1S/C15H14N2O.C6H10O2.2C2H6.CH4O/c1-11-15(10-16-17(11)3)9-6-13-4-7-14(8-5-13)12(2)18;1-5(8)6(2,3)4-7;3*1-2/h4-5,7-8,10H,1-3H3;4H,1-3H3;2*1-2H3;2H,1H3. The fourth-order valence-corrected chi connectivity index (χ4v) is 1.63. The van der Waals surface area contributed by atoms with Crippen LogP contribution >= 0.6 is 0 Å². The first-order valence-electron chi connectivity index (χ1n) is 10.6. The molecule has 0 radical (unpaired) electrons. The summed E-state index contributed by atoms with van der Waals surface area (Å²) in [5, 5.41) is 11.1. The van der Waals surface area contributed by atoms with Crippen LogP contribution in [0.25, 0.3) is 0 Å². The molecular formula is C26H40N2O4. The van der Waals surface area contributed by atoms with Crippen molar-refractivity contribution in [3.05, 3.63) is 52.8 Å². The summed E-state index contributed by atoms with van der Waals surface area (Å²) in [6, 6.07) is 7.30. The van der Waals surface area contributed by atoms with Crippen LogP contribution in [0, 0.1) is 24.2 Å². The Kier molecular flexibility index (Phi) is 19.6. The van der Waals surface area contributed by atoms with Gasteiger partial charge in [-0.15, -0.1) is 0 Å². The van der Waals surface area contributed by atoms with Gasteiger partial charge in [0, 0.05) is 25.3 Å². The molecule has 1 N–H and O–H groups in total. The van der Waals surface area contributed by atoms with Gasteiger partial charge in [0.05, 0.1) is 22.9 Å². The summed E-state index contributed by atoms with van der Waals surface area (Å²) in [4.78, 5) is 31.6. The van der Waals surface area contributed by atoms with Crippen molar-refractivity contribution in [1.82, 2.24) is 9.78 Å². The lowest BCUT2D eigenvalue weighted by atomic mass is 9.91. The molecule has 0 amide bonds. The van der Waals surface area contributed by atoms with Crippen molar-refractivity contribution in [2.75, 3.05) is 7.11 Å². The van der Waals surface area contributed by atoms with E-state index in [0.29, 0.717) is 11.8 Å². The average Bonchev–Trinajstić information content (AvgIpc) is 3.14. The largest absolute Gasteiger partial charge is 0.400 e. The van der Waals surface area contributed by atoms with E-state index < -0.39 is 5.41 Å². The van der Waals surface area contributed by atoms with E-state index in [0.717, 1.165) is 23.9 Å². The van der Waals surface area contributed by atoms with Crippen molar-refractivity contribution >= 4 is 17.9 Å². The predicted octanol–water partition coefficient (Wildman–Crippen LogP) is 4.79. The Balaban J connectivity index is -0.000000507. The third-order valence-corrected chi connectivity index (χ3v) is 4.07. The summed E-state index contributed by atoms with van der Waals surface area (Å²) < 4.78 is 1.79. The highest BCUT2D eigenvalue weighted by molar-refractivity contribution is 5.95. The van der Waals surface area contributed by atoms with Gasteiger partial charge in [-0.05, 0) is 46.8 Å². The number of benzene rings is 1. The molecule has 2 aromatic rings. The van der Waals surface area contributed by atoms with Crippen LogP contribution in [0.15, 0.2) is 30.5 Å². The highest BCUT2D eigenvalue weighted by Crippen LogP contribution is 2.10. The molecule has 0 saturated heterocycles. The number of aldehydes is 1. The molecule has 0 saturated carbocycles. The predicted molar refractivity (Wildman–Crippen MR) is 132 cm³/mol. The number of aliphatic hydroxyl groups is 1. The van der Waals surface area contributed by atoms with Crippen LogP contribution in [0.3, 0.4) is 0 Å². The maximum absolute atomic E-state index is 11.1. The Morgan fingerprint density at radius 1 is 1.00 bits per heavy atom. The van der Waals surface area contributed by atoms with E-state index in [1.165, 1.54) is 6.92 Å². The highest BCUT2D eigenvalue weighted by Gasteiger charge is 2.21. The first kappa shape index (κ1) is 33.6. The molecule has 0 aliphatic carbocycles. The van der Waals surface area contributed by atoms with E-state index in [-0.39, 0.29) is 11.6 Å². The Labute approximate surface area is 194 Å². The minimum atomic E-state index is -0.778. The van der Waals surface area contributed by atoms with Gasteiger partial charge in [-0.25, -0.2) is 0 Å².